The second-order valence-electron chi connectivity index (χ2n) is 3.63. The van der Waals surface area contributed by atoms with E-state index in [1.54, 1.807) is 6.07 Å². The van der Waals surface area contributed by atoms with E-state index in [1.807, 2.05) is 5.38 Å². The number of thiazole rings is 1. The first-order chi connectivity index (χ1) is 8.20. The molecular weight excluding hydrogens is 236 g/mol. The quantitative estimate of drug-likeness (QED) is 0.903. The van der Waals surface area contributed by atoms with Crippen molar-refractivity contribution in [2.75, 3.05) is 0 Å². The summed E-state index contributed by atoms with van der Waals surface area (Å²) in [7, 11) is 0. The molecule has 0 saturated heterocycles. The van der Waals surface area contributed by atoms with Gasteiger partial charge in [0.15, 0.2) is 0 Å². The van der Waals surface area contributed by atoms with Gasteiger partial charge in [-0.3, -0.25) is 4.98 Å². The second-order valence-corrected chi connectivity index (χ2v) is 4.49. The Morgan fingerprint density at radius 1 is 1.53 bits per heavy atom. The summed E-state index contributed by atoms with van der Waals surface area (Å²) >= 11 is 1.50. The summed E-state index contributed by atoms with van der Waals surface area (Å²) in [4.78, 5) is 19.4. The molecule has 0 unspecified atom stereocenters. The monoisotopic (exact) mass is 248 g/mol. The molecule has 0 atom stereocenters. The molecule has 0 fully saturated rings. The Balaban J connectivity index is 2.32. The Labute approximate surface area is 103 Å². The highest BCUT2D eigenvalue weighted by molar-refractivity contribution is 7.13. The number of pyridine rings is 1. The van der Waals surface area contributed by atoms with Crippen molar-refractivity contribution in [2.24, 2.45) is 0 Å². The number of hydrogen-bond donors (Lipinski definition) is 1. The van der Waals surface area contributed by atoms with Crippen LogP contribution in [0.3, 0.4) is 0 Å². The number of aromatic carboxylic acids is 1. The molecule has 5 heteroatoms. The van der Waals surface area contributed by atoms with Crippen molar-refractivity contribution < 1.29 is 9.90 Å². The Morgan fingerprint density at radius 3 is 3.06 bits per heavy atom. The van der Waals surface area contributed by atoms with Crippen LogP contribution in [0, 0.1) is 0 Å². The highest BCUT2D eigenvalue weighted by atomic mass is 32.1. The highest BCUT2D eigenvalue weighted by Gasteiger charge is 2.09. The Kier molecular flexibility index (Phi) is 3.49. The summed E-state index contributed by atoms with van der Waals surface area (Å²) in [5.41, 5.74) is 1.90. The third-order valence-electron chi connectivity index (χ3n) is 2.28. The predicted molar refractivity (Wildman–Crippen MR) is 66.3 cm³/mol. The molecule has 2 aromatic heterocycles. The van der Waals surface area contributed by atoms with Crippen molar-refractivity contribution in [1.29, 1.82) is 0 Å². The van der Waals surface area contributed by atoms with Gasteiger partial charge in [0.25, 0.3) is 0 Å². The van der Waals surface area contributed by atoms with Crippen molar-refractivity contribution in [1.82, 2.24) is 9.97 Å². The van der Waals surface area contributed by atoms with Crippen molar-refractivity contribution in [3.8, 4) is 10.7 Å². The number of rotatable bonds is 4. The van der Waals surface area contributed by atoms with Gasteiger partial charge in [0, 0.05) is 11.6 Å². The maximum Gasteiger partial charge on any atom is 0.335 e. The van der Waals surface area contributed by atoms with Crippen LogP contribution in [0.15, 0.2) is 23.7 Å². The maximum atomic E-state index is 10.8. The lowest BCUT2D eigenvalue weighted by Crippen LogP contribution is -1.97. The van der Waals surface area contributed by atoms with E-state index in [1.165, 1.54) is 23.6 Å². The van der Waals surface area contributed by atoms with E-state index in [-0.39, 0.29) is 5.56 Å². The topological polar surface area (TPSA) is 63.1 Å². The van der Waals surface area contributed by atoms with Gasteiger partial charge >= 0.3 is 5.97 Å². The summed E-state index contributed by atoms with van der Waals surface area (Å²) in [5, 5.41) is 11.7. The van der Waals surface area contributed by atoms with E-state index in [2.05, 4.69) is 16.9 Å². The fraction of sp³-hybridized carbons (Fsp3) is 0.250. The minimum absolute atomic E-state index is 0.238. The number of aryl methyl sites for hydroxylation is 1. The van der Waals surface area contributed by atoms with Gasteiger partial charge in [0.2, 0.25) is 0 Å². The van der Waals surface area contributed by atoms with E-state index in [0.717, 1.165) is 23.5 Å². The van der Waals surface area contributed by atoms with E-state index in [0.29, 0.717) is 5.69 Å². The van der Waals surface area contributed by atoms with Gasteiger partial charge in [-0.15, -0.1) is 11.3 Å². The van der Waals surface area contributed by atoms with Crippen LogP contribution < -0.4 is 0 Å². The number of aromatic nitrogens is 2. The molecule has 0 aliphatic carbocycles. The van der Waals surface area contributed by atoms with Crippen LogP contribution in [-0.4, -0.2) is 21.0 Å². The lowest BCUT2D eigenvalue weighted by Gasteiger charge is -1.97. The van der Waals surface area contributed by atoms with E-state index in [9.17, 15) is 4.79 Å². The molecule has 0 saturated carbocycles. The molecule has 0 amide bonds. The number of carboxylic acid groups (broad SMARTS) is 1. The van der Waals surface area contributed by atoms with Gasteiger partial charge in [-0.2, -0.15) is 0 Å². The zero-order valence-electron chi connectivity index (χ0n) is 9.38. The van der Waals surface area contributed by atoms with E-state index < -0.39 is 5.97 Å². The fourth-order valence-electron chi connectivity index (χ4n) is 1.48. The first-order valence-electron chi connectivity index (χ1n) is 5.35. The number of carboxylic acids is 1. The zero-order valence-corrected chi connectivity index (χ0v) is 10.2. The van der Waals surface area contributed by atoms with Gasteiger partial charge in [-0.25, -0.2) is 9.78 Å². The Hall–Kier alpha value is -1.75. The van der Waals surface area contributed by atoms with Crippen LogP contribution in [0.25, 0.3) is 10.7 Å². The molecule has 1 N–H and O–H groups in total. The summed E-state index contributed by atoms with van der Waals surface area (Å²) < 4.78 is 0. The molecule has 4 nitrogen and oxygen atoms in total. The predicted octanol–water partition coefficient (Wildman–Crippen LogP) is 2.86. The highest BCUT2D eigenvalue weighted by Crippen LogP contribution is 2.23. The van der Waals surface area contributed by atoms with Gasteiger partial charge in [-0.1, -0.05) is 13.3 Å². The summed E-state index contributed by atoms with van der Waals surface area (Å²) in [6, 6.07) is 3.03. The molecule has 2 aromatic rings. The first-order valence-corrected chi connectivity index (χ1v) is 6.22. The molecule has 0 spiro atoms. The van der Waals surface area contributed by atoms with Crippen LogP contribution in [-0.2, 0) is 6.42 Å². The number of carbonyl (C=O) groups is 1. The molecule has 88 valence electrons. The largest absolute Gasteiger partial charge is 0.478 e. The Morgan fingerprint density at radius 2 is 2.35 bits per heavy atom. The molecule has 2 rings (SSSR count). The minimum Gasteiger partial charge on any atom is -0.478 e. The van der Waals surface area contributed by atoms with Crippen LogP contribution in [0.4, 0.5) is 0 Å². The summed E-state index contributed by atoms with van der Waals surface area (Å²) in [6.45, 7) is 2.10. The average molecular weight is 248 g/mol. The third kappa shape index (κ3) is 2.68. The van der Waals surface area contributed by atoms with E-state index >= 15 is 0 Å². The van der Waals surface area contributed by atoms with Gasteiger partial charge < -0.3 is 5.11 Å². The first kappa shape index (κ1) is 11.7. The van der Waals surface area contributed by atoms with Crippen LogP contribution in [0.5, 0.6) is 0 Å². The smallest absolute Gasteiger partial charge is 0.335 e. The van der Waals surface area contributed by atoms with Crippen molar-refractivity contribution in [3.05, 3.63) is 35.0 Å². The average Bonchev–Trinajstić information content (AvgIpc) is 2.78. The van der Waals surface area contributed by atoms with Crippen LogP contribution in [0.1, 0.15) is 29.4 Å². The van der Waals surface area contributed by atoms with Crippen LogP contribution >= 0.6 is 11.3 Å². The minimum atomic E-state index is -0.945. The van der Waals surface area contributed by atoms with E-state index in [4.69, 9.17) is 5.11 Å². The maximum absolute atomic E-state index is 10.8. The molecular formula is C12H12N2O2S. The number of hydrogen-bond acceptors (Lipinski definition) is 4. The lowest BCUT2D eigenvalue weighted by atomic mass is 10.2. The third-order valence-corrected chi connectivity index (χ3v) is 3.20. The SMILES string of the molecule is CCCc1csc(-c2cc(C(=O)O)ccn2)n1. The summed E-state index contributed by atoms with van der Waals surface area (Å²) in [5.74, 6) is -0.945. The second kappa shape index (κ2) is 5.05. The standard InChI is InChI=1S/C12H12N2O2S/c1-2-3-9-7-17-11(14-9)10-6-8(12(15)16)4-5-13-10/h4-7H,2-3H2,1H3,(H,15,16). The van der Waals surface area contributed by atoms with Gasteiger partial charge in [0.1, 0.15) is 5.01 Å². The van der Waals surface area contributed by atoms with Crippen molar-refractivity contribution in [3.63, 3.8) is 0 Å². The molecule has 0 bridgehead atoms. The molecule has 0 aliphatic rings. The van der Waals surface area contributed by atoms with Crippen molar-refractivity contribution >= 4 is 17.3 Å². The Bertz CT molecular complexity index is 537. The zero-order chi connectivity index (χ0) is 12.3. The molecule has 0 aliphatic heterocycles. The van der Waals surface area contributed by atoms with Gasteiger partial charge in [0.05, 0.1) is 17.0 Å². The number of nitrogens with zero attached hydrogens (tertiary/aromatic N) is 2. The molecule has 0 radical (unpaired) electrons. The molecule has 17 heavy (non-hydrogen) atoms. The normalized spacial score (nSPS) is 10.4. The lowest BCUT2D eigenvalue weighted by molar-refractivity contribution is 0.0697. The van der Waals surface area contributed by atoms with Crippen molar-refractivity contribution in [2.45, 2.75) is 19.8 Å². The molecule has 0 aromatic carbocycles. The molecule has 2 heterocycles. The summed E-state index contributed by atoms with van der Waals surface area (Å²) in [6.07, 6.45) is 3.49. The van der Waals surface area contributed by atoms with Gasteiger partial charge in [-0.05, 0) is 18.6 Å². The fourth-order valence-corrected chi connectivity index (χ4v) is 2.30. The van der Waals surface area contributed by atoms with Crippen LogP contribution in [0.2, 0.25) is 0 Å².